The topological polar surface area (TPSA) is 99.3 Å². The molecule has 3 fully saturated rings. The molecule has 0 saturated carbocycles. The van der Waals surface area contributed by atoms with E-state index in [-0.39, 0.29) is 30.0 Å². The Morgan fingerprint density at radius 3 is 2.29 bits per heavy atom. The lowest BCUT2D eigenvalue weighted by atomic mass is 9.87. The van der Waals surface area contributed by atoms with E-state index in [2.05, 4.69) is 5.32 Å². The van der Waals surface area contributed by atoms with E-state index in [9.17, 15) is 19.2 Å². The maximum absolute atomic E-state index is 13.1. The molecule has 9 nitrogen and oxygen atoms in total. The predicted molar refractivity (Wildman–Crippen MR) is 100 cm³/mol. The van der Waals surface area contributed by atoms with Gasteiger partial charge in [-0.05, 0) is 39.0 Å². The van der Waals surface area contributed by atoms with Crippen LogP contribution in [0.5, 0.6) is 0 Å². The zero-order valence-electron chi connectivity index (χ0n) is 16.7. The maximum atomic E-state index is 13.1. The Labute approximate surface area is 165 Å². The van der Waals surface area contributed by atoms with Crippen molar-refractivity contribution in [2.45, 2.75) is 64.0 Å². The van der Waals surface area contributed by atoms with Crippen molar-refractivity contribution in [1.29, 1.82) is 0 Å². The van der Waals surface area contributed by atoms with Gasteiger partial charge >= 0.3 is 12.1 Å². The molecular formula is C19H30N4O5. The average molecular weight is 394 g/mol. The first kappa shape index (κ1) is 20.4. The van der Waals surface area contributed by atoms with Crippen molar-refractivity contribution in [3.8, 4) is 0 Å². The van der Waals surface area contributed by atoms with Crippen molar-refractivity contribution < 1.29 is 23.9 Å². The number of nitrogens with zero attached hydrogens (tertiary/aromatic N) is 3. The Bertz CT molecular complexity index is 636. The van der Waals surface area contributed by atoms with Gasteiger partial charge in [-0.2, -0.15) is 0 Å². The van der Waals surface area contributed by atoms with Gasteiger partial charge in [0.15, 0.2) is 0 Å². The summed E-state index contributed by atoms with van der Waals surface area (Å²) >= 11 is 0. The fourth-order valence-corrected chi connectivity index (χ4v) is 4.34. The fraction of sp³-hybridized carbons (Fsp3) is 0.789. The first-order chi connectivity index (χ1) is 13.4. The molecule has 3 saturated heterocycles. The van der Waals surface area contributed by atoms with Crippen LogP contribution in [-0.4, -0.2) is 83.0 Å². The summed E-state index contributed by atoms with van der Waals surface area (Å²) in [5.41, 5.74) is -0.921. The highest BCUT2D eigenvalue weighted by molar-refractivity contribution is 6.07. The normalized spacial score (nSPS) is 22.6. The minimum absolute atomic E-state index is 0.140. The summed E-state index contributed by atoms with van der Waals surface area (Å²) in [7, 11) is 0. The molecule has 28 heavy (non-hydrogen) atoms. The van der Waals surface area contributed by atoms with Gasteiger partial charge in [0.2, 0.25) is 5.91 Å². The molecule has 0 aromatic carbocycles. The van der Waals surface area contributed by atoms with E-state index in [4.69, 9.17) is 4.74 Å². The second kappa shape index (κ2) is 8.36. The third kappa shape index (κ3) is 3.79. The van der Waals surface area contributed by atoms with Crippen molar-refractivity contribution >= 4 is 23.9 Å². The number of carbonyl (C=O) groups is 4. The molecule has 0 bridgehead atoms. The molecule has 3 aliphatic heterocycles. The monoisotopic (exact) mass is 394 g/mol. The smallest absolute Gasteiger partial charge is 0.409 e. The summed E-state index contributed by atoms with van der Waals surface area (Å²) in [4.78, 5) is 54.4. The minimum Gasteiger partial charge on any atom is -0.450 e. The number of carbonyl (C=O) groups excluding carboxylic acids is 4. The van der Waals surface area contributed by atoms with E-state index in [1.165, 1.54) is 4.90 Å². The van der Waals surface area contributed by atoms with E-state index < -0.39 is 5.54 Å². The molecule has 0 unspecified atom stereocenters. The van der Waals surface area contributed by atoms with Gasteiger partial charge in [0.25, 0.3) is 5.91 Å². The first-order valence-corrected chi connectivity index (χ1v) is 10.3. The van der Waals surface area contributed by atoms with Gasteiger partial charge in [-0.25, -0.2) is 9.59 Å². The van der Waals surface area contributed by atoms with Gasteiger partial charge in [0.1, 0.15) is 5.54 Å². The molecule has 1 spiro atoms. The highest BCUT2D eigenvalue weighted by Gasteiger charge is 2.54. The number of ether oxygens (including phenoxy) is 1. The van der Waals surface area contributed by atoms with Crippen LogP contribution in [0.2, 0.25) is 0 Å². The highest BCUT2D eigenvalue weighted by Crippen LogP contribution is 2.33. The Morgan fingerprint density at radius 2 is 1.71 bits per heavy atom. The Kier molecular flexibility index (Phi) is 6.10. The van der Waals surface area contributed by atoms with Gasteiger partial charge < -0.3 is 19.9 Å². The zero-order valence-corrected chi connectivity index (χ0v) is 16.7. The first-order valence-electron chi connectivity index (χ1n) is 10.3. The van der Waals surface area contributed by atoms with Crippen molar-refractivity contribution in [3.63, 3.8) is 0 Å². The molecule has 156 valence electrons. The van der Waals surface area contributed by atoms with Gasteiger partial charge in [-0.3, -0.25) is 14.5 Å². The van der Waals surface area contributed by atoms with Gasteiger partial charge in [-0.1, -0.05) is 6.92 Å². The Hall–Kier alpha value is -2.32. The molecule has 0 aliphatic carbocycles. The van der Waals surface area contributed by atoms with Crippen molar-refractivity contribution in [3.05, 3.63) is 0 Å². The van der Waals surface area contributed by atoms with Crippen LogP contribution in [0.1, 0.15) is 52.4 Å². The number of imide groups is 1. The predicted octanol–water partition coefficient (Wildman–Crippen LogP) is 1.32. The highest BCUT2D eigenvalue weighted by atomic mass is 16.6. The third-order valence-corrected chi connectivity index (χ3v) is 5.98. The molecule has 0 aromatic rings. The molecule has 3 rings (SSSR count). The zero-order chi connectivity index (χ0) is 20.3. The van der Waals surface area contributed by atoms with Crippen LogP contribution in [0.15, 0.2) is 0 Å². The van der Waals surface area contributed by atoms with Crippen LogP contribution < -0.4 is 5.32 Å². The summed E-state index contributed by atoms with van der Waals surface area (Å²) in [6, 6.07) is -0.534. The Morgan fingerprint density at radius 1 is 1.07 bits per heavy atom. The van der Waals surface area contributed by atoms with Crippen LogP contribution in [0.4, 0.5) is 9.59 Å². The Balaban J connectivity index is 1.59. The number of urea groups is 1. The van der Waals surface area contributed by atoms with E-state index in [0.29, 0.717) is 64.9 Å². The lowest BCUT2D eigenvalue weighted by Gasteiger charge is -2.38. The SMILES string of the molecule is CCCC(=O)N1CCC(N2C(=O)NC3(CCN(C(=O)OCC)CC3)C2=O)CC1. The van der Waals surface area contributed by atoms with E-state index >= 15 is 0 Å². The summed E-state index contributed by atoms with van der Waals surface area (Å²) in [5.74, 6) is -0.0553. The molecule has 9 heteroatoms. The van der Waals surface area contributed by atoms with E-state index in [0.717, 1.165) is 6.42 Å². The number of nitrogens with one attached hydrogen (secondary N) is 1. The van der Waals surface area contributed by atoms with Crippen LogP contribution >= 0.6 is 0 Å². The molecule has 0 aromatic heterocycles. The third-order valence-electron chi connectivity index (χ3n) is 5.98. The van der Waals surface area contributed by atoms with Crippen LogP contribution in [-0.2, 0) is 14.3 Å². The standard InChI is InChI=1S/C19H30N4O5/c1-3-5-15(24)21-10-6-14(7-11-21)23-16(25)19(20-17(23)26)8-12-22(13-9-19)18(27)28-4-2/h14H,3-13H2,1-2H3,(H,20,26). The number of amides is 5. The second-order valence-electron chi connectivity index (χ2n) is 7.74. The quantitative estimate of drug-likeness (QED) is 0.725. The molecule has 0 atom stereocenters. The largest absolute Gasteiger partial charge is 0.450 e. The molecular weight excluding hydrogens is 364 g/mol. The average Bonchev–Trinajstić information content (AvgIpc) is 2.92. The molecule has 3 heterocycles. The van der Waals surface area contributed by atoms with Crippen molar-refractivity contribution in [2.24, 2.45) is 0 Å². The number of piperidine rings is 2. The number of hydrogen-bond donors (Lipinski definition) is 1. The van der Waals surface area contributed by atoms with Crippen LogP contribution in [0, 0.1) is 0 Å². The van der Waals surface area contributed by atoms with Crippen molar-refractivity contribution in [2.75, 3.05) is 32.8 Å². The summed E-state index contributed by atoms with van der Waals surface area (Å²) in [6.45, 7) is 5.94. The molecule has 3 aliphatic rings. The van der Waals surface area contributed by atoms with Crippen LogP contribution in [0.25, 0.3) is 0 Å². The van der Waals surface area contributed by atoms with Crippen molar-refractivity contribution in [1.82, 2.24) is 20.0 Å². The number of hydrogen-bond acceptors (Lipinski definition) is 5. The van der Waals surface area contributed by atoms with Gasteiger partial charge in [0.05, 0.1) is 6.61 Å². The van der Waals surface area contributed by atoms with E-state index in [1.54, 1.807) is 11.8 Å². The summed E-state index contributed by atoms with van der Waals surface area (Å²) in [5, 5.41) is 2.89. The molecule has 1 N–H and O–H groups in total. The summed E-state index contributed by atoms with van der Waals surface area (Å²) < 4.78 is 5.02. The number of rotatable bonds is 4. The molecule has 0 radical (unpaired) electrons. The molecule has 5 amide bonds. The fourth-order valence-electron chi connectivity index (χ4n) is 4.34. The van der Waals surface area contributed by atoms with Crippen LogP contribution in [0.3, 0.4) is 0 Å². The number of likely N-dealkylation sites (tertiary alicyclic amines) is 2. The van der Waals surface area contributed by atoms with E-state index in [1.807, 2.05) is 11.8 Å². The lowest BCUT2D eigenvalue weighted by molar-refractivity contribution is -0.136. The minimum atomic E-state index is -0.921. The van der Waals surface area contributed by atoms with Gasteiger partial charge in [0, 0.05) is 38.6 Å². The maximum Gasteiger partial charge on any atom is 0.409 e. The summed E-state index contributed by atoms with van der Waals surface area (Å²) in [6.07, 6.45) is 2.97. The second-order valence-corrected chi connectivity index (χ2v) is 7.74. The van der Waals surface area contributed by atoms with Gasteiger partial charge in [-0.15, -0.1) is 0 Å². The lowest BCUT2D eigenvalue weighted by Crippen LogP contribution is -2.56.